The first-order valence-corrected chi connectivity index (χ1v) is 5.02. The highest BCUT2D eigenvalue weighted by atomic mass is 35.5. The van der Waals surface area contributed by atoms with E-state index in [1.807, 2.05) is 6.92 Å². The molecule has 0 atom stereocenters. The van der Waals surface area contributed by atoms with E-state index in [1.54, 1.807) is 6.92 Å². The van der Waals surface area contributed by atoms with E-state index in [4.69, 9.17) is 16.3 Å². The van der Waals surface area contributed by atoms with Crippen LogP contribution in [0.2, 0.25) is 5.15 Å². The second-order valence-electron chi connectivity index (χ2n) is 3.02. The third-order valence-electron chi connectivity index (χ3n) is 2.02. The molecule has 0 saturated heterocycles. The Bertz CT molecular complexity index is 450. The Morgan fingerprint density at radius 1 is 1.47 bits per heavy atom. The maximum atomic E-state index is 11.6. The van der Waals surface area contributed by atoms with Gasteiger partial charge >= 0.3 is 5.69 Å². The lowest BCUT2D eigenvalue weighted by molar-refractivity contribution is 0.137. The number of hydrogen-bond acceptors (Lipinski definition) is 3. The summed E-state index contributed by atoms with van der Waals surface area (Å²) in [4.78, 5) is 25.4. The molecular formula is C9H13ClN2O3. The van der Waals surface area contributed by atoms with Gasteiger partial charge in [-0.1, -0.05) is 11.6 Å². The highest BCUT2D eigenvalue weighted by Gasteiger charge is 2.07. The van der Waals surface area contributed by atoms with E-state index < -0.39 is 5.69 Å². The molecule has 0 fully saturated rings. The van der Waals surface area contributed by atoms with Gasteiger partial charge in [0.1, 0.15) is 5.15 Å². The van der Waals surface area contributed by atoms with Crippen molar-refractivity contribution in [2.75, 3.05) is 13.2 Å². The zero-order chi connectivity index (χ0) is 11.4. The van der Waals surface area contributed by atoms with Gasteiger partial charge in [0, 0.05) is 12.2 Å². The topological polar surface area (TPSA) is 64.1 Å². The van der Waals surface area contributed by atoms with Crippen LogP contribution in [0.5, 0.6) is 0 Å². The fourth-order valence-electron chi connectivity index (χ4n) is 1.15. The van der Waals surface area contributed by atoms with Gasteiger partial charge in [0.2, 0.25) is 0 Å². The summed E-state index contributed by atoms with van der Waals surface area (Å²) in [5.41, 5.74) is -0.536. The molecule has 5 nitrogen and oxygen atoms in total. The summed E-state index contributed by atoms with van der Waals surface area (Å²) in [5, 5.41) is 0.0951. The molecule has 0 amide bonds. The summed E-state index contributed by atoms with van der Waals surface area (Å²) in [6, 6.07) is 0. The number of hydrogen-bond donors (Lipinski definition) is 1. The minimum atomic E-state index is -0.504. The van der Waals surface area contributed by atoms with E-state index in [-0.39, 0.29) is 17.3 Å². The van der Waals surface area contributed by atoms with Gasteiger partial charge in [-0.25, -0.2) is 4.79 Å². The van der Waals surface area contributed by atoms with E-state index in [0.717, 1.165) is 4.57 Å². The molecule has 0 unspecified atom stereocenters. The standard InChI is InChI=1S/C9H13ClN2O3/c1-3-15-5-4-12-8(13)6(2)7(10)11-9(12)14/h3-5H2,1-2H3,(H,11,14). The highest BCUT2D eigenvalue weighted by molar-refractivity contribution is 6.30. The van der Waals surface area contributed by atoms with Gasteiger partial charge in [-0.3, -0.25) is 14.3 Å². The average molecular weight is 233 g/mol. The first-order valence-electron chi connectivity index (χ1n) is 4.65. The second kappa shape index (κ2) is 5.14. The van der Waals surface area contributed by atoms with Crippen molar-refractivity contribution >= 4 is 11.6 Å². The molecule has 0 spiro atoms. The maximum absolute atomic E-state index is 11.6. The Morgan fingerprint density at radius 2 is 2.13 bits per heavy atom. The zero-order valence-corrected chi connectivity index (χ0v) is 9.43. The predicted molar refractivity (Wildman–Crippen MR) is 57.6 cm³/mol. The fourth-order valence-corrected chi connectivity index (χ4v) is 1.31. The normalized spacial score (nSPS) is 10.6. The molecule has 1 aromatic heterocycles. The molecule has 1 heterocycles. The van der Waals surface area contributed by atoms with Crippen LogP contribution in [0.3, 0.4) is 0 Å². The van der Waals surface area contributed by atoms with Crippen molar-refractivity contribution in [2.24, 2.45) is 0 Å². The molecule has 0 aromatic carbocycles. The summed E-state index contributed by atoms with van der Waals surface area (Å²) in [6.45, 7) is 4.54. The predicted octanol–water partition coefficient (Wildman–Crippen LogP) is 0.535. The third-order valence-corrected chi connectivity index (χ3v) is 2.40. The number of H-pyrrole nitrogens is 1. The molecule has 1 N–H and O–H groups in total. The van der Waals surface area contributed by atoms with Crippen LogP contribution < -0.4 is 11.2 Å². The highest BCUT2D eigenvalue weighted by Crippen LogP contribution is 2.02. The Morgan fingerprint density at radius 3 is 2.73 bits per heavy atom. The number of aromatic nitrogens is 2. The monoisotopic (exact) mass is 232 g/mol. The van der Waals surface area contributed by atoms with Crippen molar-refractivity contribution in [1.82, 2.24) is 9.55 Å². The van der Waals surface area contributed by atoms with Gasteiger partial charge in [0.25, 0.3) is 5.56 Å². The van der Waals surface area contributed by atoms with Gasteiger partial charge < -0.3 is 4.74 Å². The minimum absolute atomic E-state index is 0.0951. The molecule has 1 aromatic rings. The van der Waals surface area contributed by atoms with Crippen molar-refractivity contribution in [2.45, 2.75) is 20.4 Å². The first kappa shape index (κ1) is 12.0. The van der Waals surface area contributed by atoms with Gasteiger partial charge in [-0.05, 0) is 13.8 Å². The molecule has 0 saturated carbocycles. The van der Waals surface area contributed by atoms with Crippen LogP contribution in [0.25, 0.3) is 0 Å². The summed E-state index contributed by atoms with van der Waals surface area (Å²) in [6.07, 6.45) is 0. The lowest BCUT2D eigenvalue weighted by atomic mass is 10.4. The second-order valence-corrected chi connectivity index (χ2v) is 3.40. The molecule has 84 valence electrons. The first-order chi connectivity index (χ1) is 7.07. The number of nitrogens with one attached hydrogen (secondary N) is 1. The molecule has 0 aliphatic carbocycles. The van der Waals surface area contributed by atoms with Crippen molar-refractivity contribution < 1.29 is 4.74 Å². The molecule has 0 aliphatic rings. The zero-order valence-electron chi connectivity index (χ0n) is 8.67. The Hall–Kier alpha value is -1.07. The summed E-state index contributed by atoms with van der Waals surface area (Å²) in [5.74, 6) is 0. The molecule has 1 rings (SSSR count). The maximum Gasteiger partial charge on any atom is 0.329 e. The third kappa shape index (κ3) is 2.70. The number of aromatic amines is 1. The van der Waals surface area contributed by atoms with Crippen molar-refractivity contribution in [3.63, 3.8) is 0 Å². The average Bonchev–Trinajstić information content (AvgIpc) is 2.20. The molecular weight excluding hydrogens is 220 g/mol. The minimum Gasteiger partial charge on any atom is -0.380 e. The van der Waals surface area contributed by atoms with E-state index in [1.165, 1.54) is 0 Å². The Labute approximate surface area is 91.6 Å². The summed E-state index contributed by atoms with van der Waals surface area (Å²) < 4.78 is 6.15. The smallest absolute Gasteiger partial charge is 0.329 e. The van der Waals surface area contributed by atoms with E-state index in [9.17, 15) is 9.59 Å². The van der Waals surface area contributed by atoms with Crippen molar-refractivity contribution in [3.05, 3.63) is 31.6 Å². The van der Waals surface area contributed by atoms with Crippen LogP contribution in [0.4, 0.5) is 0 Å². The van der Waals surface area contributed by atoms with Crippen molar-refractivity contribution in [1.29, 1.82) is 0 Å². The number of rotatable bonds is 4. The number of nitrogens with zero attached hydrogens (tertiary/aromatic N) is 1. The number of halogens is 1. The van der Waals surface area contributed by atoms with E-state index in [2.05, 4.69) is 4.98 Å². The molecule has 0 bridgehead atoms. The van der Waals surface area contributed by atoms with Crippen LogP contribution in [0, 0.1) is 6.92 Å². The number of ether oxygens (including phenoxy) is 1. The van der Waals surface area contributed by atoms with E-state index >= 15 is 0 Å². The summed E-state index contributed by atoms with van der Waals surface area (Å²) >= 11 is 5.65. The SMILES string of the molecule is CCOCCn1c(=O)[nH]c(Cl)c(C)c1=O. The van der Waals surface area contributed by atoms with Crippen LogP contribution in [0.1, 0.15) is 12.5 Å². The van der Waals surface area contributed by atoms with Gasteiger partial charge in [-0.15, -0.1) is 0 Å². The fraction of sp³-hybridized carbons (Fsp3) is 0.556. The van der Waals surface area contributed by atoms with Gasteiger partial charge in [-0.2, -0.15) is 0 Å². The van der Waals surface area contributed by atoms with Crippen LogP contribution >= 0.6 is 11.6 Å². The Kier molecular flexibility index (Phi) is 4.11. The van der Waals surface area contributed by atoms with E-state index in [0.29, 0.717) is 18.8 Å². The van der Waals surface area contributed by atoms with Gasteiger partial charge in [0.15, 0.2) is 0 Å². The van der Waals surface area contributed by atoms with Crippen molar-refractivity contribution in [3.8, 4) is 0 Å². The van der Waals surface area contributed by atoms with Crippen LogP contribution in [0.15, 0.2) is 9.59 Å². The van der Waals surface area contributed by atoms with Gasteiger partial charge in [0.05, 0.1) is 13.2 Å². The Balaban J connectivity index is 3.03. The molecule has 0 radical (unpaired) electrons. The molecule has 0 aliphatic heterocycles. The molecule has 15 heavy (non-hydrogen) atoms. The molecule has 6 heteroatoms. The van der Waals surface area contributed by atoms with Crippen LogP contribution in [-0.4, -0.2) is 22.8 Å². The lowest BCUT2D eigenvalue weighted by Crippen LogP contribution is -2.37. The quantitative estimate of drug-likeness (QED) is 0.609. The lowest BCUT2D eigenvalue weighted by Gasteiger charge is -2.06. The van der Waals surface area contributed by atoms with Crippen LogP contribution in [-0.2, 0) is 11.3 Å². The largest absolute Gasteiger partial charge is 0.380 e. The summed E-state index contributed by atoms with van der Waals surface area (Å²) in [7, 11) is 0.